The zero-order chi connectivity index (χ0) is 26.1. The topological polar surface area (TPSA) is 62.7 Å². The van der Waals surface area contributed by atoms with Gasteiger partial charge >= 0.3 is 6.09 Å². The lowest BCUT2D eigenvalue weighted by Crippen LogP contribution is -2.55. The molecule has 0 spiro atoms. The number of benzene rings is 1. The smallest absolute Gasteiger partial charge is 0.410 e. The van der Waals surface area contributed by atoms with Crippen LogP contribution in [0.3, 0.4) is 0 Å². The van der Waals surface area contributed by atoms with Crippen LogP contribution in [0.15, 0.2) is 18.2 Å². The van der Waals surface area contributed by atoms with Gasteiger partial charge in [-0.2, -0.15) is 0 Å². The maximum Gasteiger partial charge on any atom is 0.410 e. The molecule has 1 N–H and O–H groups in total. The fourth-order valence-electron chi connectivity index (χ4n) is 6.36. The van der Waals surface area contributed by atoms with Gasteiger partial charge in [0.05, 0.1) is 21.0 Å². The Hall–Kier alpha value is -1.44. The van der Waals surface area contributed by atoms with E-state index in [1.165, 1.54) is 4.63 Å². The lowest BCUT2D eigenvalue weighted by Gasteiger charge is -2.41. The molecule has 0 aliphatic carbocycles. The third-order valence-corrected chi connectivity index (χ3v) is 16.6. The second-order valence-electron chi connectivity index (χ2n) is 12.2. The van der Waals surface area contributed by atoms with Gasteiger partial charge in [0.25, 0.3) is 0 Å². The maximum absolute atomic E-state index is 12.9. The molecule has 2 heterocycles. The van der Waals surface area contributed by atoms with Crippen LogP contribution in [0.5, 0.6) is 0 Å². The number of carbonyl (C=O) groups excluding carboxylic acids is 1. The summed E-state index contributed by atoms with van der Waals surface area (Å²) >= 11 is 1.83. The van der Waals surface area contributed by atoms with Gasteiger partial charge in [-0.3, -0.25) is 0 Å². The highest BCUT2D eigenvalue weighted by Gasteiger charge is 2.47. The Morgan fingerprint density at radius 3 is 2.34 bits per heavy atom. The predicted molar refractivity (Wildman–Crippen MR) is 150 cm³/mol. The van der Waals surface area contributed by atoms with Gasteiger partial charge in [0.1, 0.15) is 13.7 Å². The lowest BCUT2D eigenvalue weighted by molar-refractivity contribution is 0.00245. The zero-order valence-corrected chi connectivity index (χ0v) is 25.0. The van der Waals surface area contributed by atoms with Crippen LogP contribution in [0, 0.1) is 0 Å². The van der Waals surface area contributed by atoms with E-state index in [0.717, 1.165) is 35.0 Å². The van der Waals surface area contributed by atoms with Gasteiger partial charge in [-0.05, 0) is 69.1 Å². The minimum atomic E-state index is -1.88. The molecule has 1 amide bonds. The van der Waals surface area contributed by atoms with E-state index in [9.17, 15) is 9.90 Å². The molecule has 5 nitrogen and oxygen atoms in total. The number of fused-ring (bicyclic) bond motifs is 1. The van der Waals surface area contributed by atoms with Crippen molar-refractivity contribution in [1.29, 1.82) is 0 Å². The van der Waals surface area contributed by atoms with Crippen LogP contribution in [-0.4, -0.2) is 47.3 Å². The fraction of sp³-hybridized carbons (Fsp3) is 0.714. The Kier molecular flexibility index (Phi) is 8.76. The quantitative estimate of drug-likeness (QED) is 0.388. The highest BCUT2D eigenvalue weighted by atomic mass is 32.1. The number of likely N-dealkylation sites (tertiary alicyclic amines) is 1. The van der Waals surface area contributed by atoms with Crippen molar-refractivity contribution in [2.24, 2.45) is 0 Å². The van der Waals surface area contributed by atoms with Crippen LogP contribution in [0.25, 0.3) is 10.2 Å². The van der Waals surface area contributed by atoms with Crippen LogP contribution in [0.1, 0.15) is 99.7 Å². The second kappa shape index (κ2) is 10.9. The Labute approximate surface area is 217 Å². The highest BCUT2D eigenvalue weighted by Crippen LogP contribution is 2.43. The second-order valence-corrected chi connectivity index (χ2v) is 19.4. The standard InChI is InChI=1S/C28H46N2O3SSi/c1-18(2)35(19(3)4,20(5)6)26-29-25-22(14-12-15-24(25)34-26)23(31)17-21-13-10-11-16-30(21)27(32)33-28(7,8)9/h12,14-15,18-21,23,31H,10-11,13,16-17H2,1-9H3/t21-,23+/m0/s1. The molecule has 1 fully saturated rings. The molecule has 7 heteroatoms. The average molecular weight is 519 g/mol. The summed E-state index contributed by atoms with van der Waals surface area (Å²) in [6.45, 7) is 20.6. The van der Waals surface area contributed by atoms with Crippen LogP contribution in [-0.2, 0) is 4.74 Å². The molecule has 0 bridgehead atoms. The van der Waals surface area contributed by atoms with Gasteiger partial charge in [0, 0.05) is 18.2 Å². The van der Waals surface area contributed by atoms with Crippen molar-refractivity contribution in [3.63, 3.8) is 0 Å². The number of thiazole rings is 1. The molecule has 35 heavy (non-hydrogen) atoms. The van der Waals surface area contributed by atoms with Crippen molar-refractivity contribution < 1.29 is 14.6 Å². The van der Waals surface area contributed by atoms with E-state index in [2.05, 4.69) is 47.6 Å². The molecule has 0 unspecified atom stereocenters. The third kappa shape index (κ3) is 5.77. The molecule has 2 aromatic rings. The summed E-state index contributed by atoms with van der Waals surface area (Å²) < 4.78 is 8.13. The summed E-state index contributed by atoms with van der Waals surface area (Å²) in [6, 6.07) is 6.16. The van der Waals surface area contributed by atoms with E-state index in [0.29, 0.717) is 29.6 Å². The molecule has 1 aromatic carbocycles. The van der Waals surface area contributed by atoms with Crippen molar-refractivity contribution in [2.45, 2.75) is 122 Å². The maximum atomic E-state index is 12.9. The number of nitrogens with zero attached hydrogens (tertiary/aromatic N) is 2. The number of ether oxygens (including phenoxy) is 1. The molecule has 1 saturated heterocycles. The van der Waals surface area contributed by atoms with E-state index in [1.54, 1.807) is 0 Å². The molecule has 1 aliphatic heterocycles. The average Bonchev–Trinajstić information content (AvgIpc) is 3.16. The van der Waals surface area contributed by atoms with Crippen molar-refractivity contribution in [3.05, 3.63) is 23.8 Å². The largest absolute Gasteiger partial charge is 0.444 e. The van der Waals surface area contributed by atoms with E-state index < -0.39 is 19.8 Å². The number of piperidine rings is 1. The van der Waals surface area contributed by atoms with Crippen molar-refractivity contribution in [2.75, 3.05) is 6.54 Å². The summed E-state index contributed by atoms with van der Waals surface area (Å²) in [5.41, 5.74) is 3.06. The fourth-order valence-corrected chi connectivity index (χ4v) is 16.1. The minimum absolute atomic E-state index is 0.0302. The van der Waals surface area contributed by atoms with E-state index in [4.69, 9.17) is 9.72 Å². The third-order valence-electron chi connectivity index (χ3n) is 7.80. The number of hydrogen-bond acceptors (Lipinski definition) is 5. The first kappa shape index (κ1) is 28.1. The molecule has 1 aliphatic rings. The van der Waals surface area contributed by atoms with Crippen LogP contribution >= 0.6 is 11.3 Å². The van der Waals surface area contributed by atoms with Crippen molar-refractivity contribution in [3.8, 4) is 0 Å². The summed E-state index contributed by atoms with van der Waals surface area (Å²) in [6.07, 6.45) is 2.49. The monoisotopic (exact) mass is 518 g/mol. The zero-order valence-electron chi connectivity index (χ0n) is 23.2. The first-order valence-corrected chi connectivity index (χ1v) is 16.4. The van der Waals surface area contributed by atoms with Crippen LogP contribution in [0.2, 0.25) is 16.6 Å². The Morgan fingerprint density at radius 1 is 1.14 bits per heavy atom. The normalized spacial score (nSPS) is 18.7. The van der Waals surface area contributed by atoms with E-state index >= 15 is 0 Å². The summed E-state index contributed by atoms with van der Waals surface area (Å²) in [5, 5.41) is 11.4. The van der Waals surface area contributed by atoms with Crippen LogP contribution in [0.4, 0.5) is 4.79 Å². The summed E-state index contributed by atoms with van der Waals surface area (Å²) in [7, 11) is -1.88. The Bertz CT molecular complexity index is 990. The van der Waals surface area contributed by atoms with E-state index in [-0.39, 0.29) is 12.1 Å². The van der Waals surface area contributed by atoms with Gasteiger partial charge in [-0.25, -0.2) is 9.78 Å². The first-order chi connectivity index (χ1) is 16.3. The highest BCUT2D eigenvalue weighted by molar-refractivity contribution is 7.31. The van der Waals surface area contributed by atoms with E-state index in [1.807, 2.05) is 49.1 Å². The lowest BCUT2D eigenvalue weighted by atomic mass is 9.94. The first-order valence-electron chi connectivity index (χ1n) is 13.4. The number of carbonyl (C=O) groups is 1. The number of rotatable bonds is 7. The SMILES string of the molecule is CC(C)[Si](c1nc2c([C@H](O)C[C@@H]3CCCCN3C(=O)OC(C)(C)C)cccc2s1)(C(C)C)C(C)C. The molecule has 3 rings (SSSR count). The number of aromatic nitrogens is 1. The number of aliphatic hydroxyl groups excluding tert-OH is 1. The van der Waals surface area contributed by atoms with Crippen molar-refractivity contribution in [1.82, 2.24) is 9.88 Å². The van der Waals surface area contributed by atoms with Gasteiger partial charge in [0.2, 0.25) is 0 Å². The number of aliphatic hydroxyl groups is 1. The molecular formula is C28H46N2O3SSi. The number of hydrogen-bond donors (Lipinski definition) is 1. The summed E-state index contributed by atoms with van der Waals surface area (Å²) in [5.74, 6) is 0. The Balaban J connectivity index is 1.94. The molecule has 196 valence electrons. The van der Waals surface area contributed by atoms with Gasteiger partial charge in [0.15, 0.2) is 0 Å². The molecule has 1 aromatic heterocycles. The van der Waals surface area contributed by atoms with Gasteiger partial charge in [-0.1, -0.05) is 53.7 Å². The number of para-hydroxylation sites is 1. The number of amides is 1. The van der Waals surface area contributed by atoms with Gasteiger partial charge < -0.3 is 14.7 Å². The molecular weight excluding hydrogens is 472 g/mol. The van der Waals surface area contributed by atoms with Crippen LogP contribution < -0.4 is 4.63 Å². The Morgan fingerprint density at radius 2 is 1.77 bits per heavy atom. The minimum Gasteiger partial charge on any atom is -0.444 e. The molecule has 0 radical (unpaired) electrons. The predicted octanol–water partition coefficient (Wildman–Crippen LogP) is 7.40. The van der Waals surface area contributed by atoms with Gasteiger partial charge in [-0.15, -0.1) is 11.3 Å². The molecule has 2 atom stereocenters. The molecule has 0 saturated carbocycles. The van der Waals surface area contributed by atoms with Crippen molar-refractivity contribution >= 4 is 40.4 Å². The summed E-state index contributed by atoms with van der Waals surface area (Å²) in [4.78, 5) is 20.0.